The van der Waals surface area contributed by atoms with Crippen molar-refractivity contribution in [1.82, 2.24) is 9.97 Å². The fourth-order valence-corrected chi connectivity index (χ4v) is 1.76. The van der Waals surface area contributed by atoms with Gasteiger partial charge in [0.05, 0.1) is 17.7 Å². The molecular formula is C11H10ClN5O3. The minimum absolute atomic E-state index is 0.1000. The number of para-hydroxylation sites is 2. The van der Waals surface area contributed by atoms with Crippen molar-refractivity contribution in [1.29, 1.82) is 0 Å². The zero-order valence-electron chi connectivity index (χ0n) is 10.3. The Morgan fingerprint density at radius 3 is 2.75 bits per heavy atom. The van der Waals surface area contributed by atoms with E-state index >= 15 is 0 Å². The largest absolute Gasteiger partial charge is 0.495 e. The molecule has 3 N–H and O–H groups in total. The number of benzene rings is 1. The molecule has 0 amide bonds. The Bertz CT molecular complexity index is 665. The smallest absolute Gasteiger partial charge is 0.353 e. The highest BCUT2D eigenvalue weighted by Gasteiger charge is 2.23. The van der Waals surface area contributed by atoms with E-state index in [0.717, 1.165) is 0 Å². The SMILES string of the molecule is COc1ccccc1Nc1nc(Cl)nc(N)c1[N+](=O)[O-]. The molecule has 0 aliphatic carbocycles. The van der Waals surface area contributed by atoms with E-state index in [-0.39, 0.29) is 16.9 Å². The molecule has 20 heavy (non-hydrogen) atoms. The average Bonchev–Trinajstić information content (AvgIpc) is 2.38. The van der Waals surface area contributed by atoms with Gasteiger partial charge in [0, 0.05) is 0 Å². The molecule has 0 unspecified atom stereocenters. The van der Waals surface area contributed by atoms with Crippen molar-refractivity contribution < 1.29 is 9.66 Å². The van der Waals surface area contributed by atoms with Crippen LogP contribution in [0.2, 0.25) is 5.28 Å². The number of nitrogens with two attached hydrogens (primary N) is 1. The van der Waals surface area contributed by atoms with Crippen LogP contribution >= 0.6 is 11.6 Å². The molecule has 1 heterocycles. The first kappa shape index (κ1) is 13.8. The summed E-state index contributed by atoms with van der Waals surface area (Å²) >= 11 is 5.67. The second kappa shape index (κ2) is 5.57. The molecule has 0 aliphatic heterocycles. The van der Waals surface area contributed by atoms with E-state index in [1.165, 1.54) is 7.11 Å². The first-order valence-corrected chi connectivity index (χ1v) is 5.78. The Labute approximate surface area is 118 Å². The number of nitrogen functional groups attached to an aromatic ring is 1. The van der Waals surface area contributed by atoms with Gasteiger partial charge in [-0.1, -0.05) is 12.1 Å². The van der Waals surface area contributed by atoms with E-state index in [2.05, 4.69) is 15.3 Å². The molecule has 104 valence electrons. The summed E-state index contributed by atoms with van der Waals surface area (Å²) in [6.07, 6.45) is 0. The van der Waals surface area contributed by atoms with Crippen LogP contribution in [0.1, 0.15) is 0 Å². The van der Waals surface area contributed by atoms with Crippen LogP contribution in [0.15, 0.2) is 24.3 Å². The van der Waals surface area contributed by atoms with Crippen LogP contribution in [0.25, 0.3) is 0 Å². The standard InChI is InChI=1S/C11H10ClN5O3/c1-20-7-5-3-2-4-6(7)14-10-8(17(18)19)9(13)15-11(12)16-10/h2-5H,1H3,(H3,13,14,15,16). The number of halogens is 1. The van der Waals surface area contributed by atoms with Crippen molar-refractivity contribution >= 4 is 34.6 Å². The zero-order valence-corrected chi connectivity index (χ0v) is 11.1. The maximum Gasteiger partial charge on any atom is 0.353 e. The van der Waals surface area contributed by atoms with Crippen LogP contribution in [0.5, 0.6) is 5.75 Å². The van der Waals surface area contributed by atoms with Gasteiger partial charge in [-0.3, -0.25) is 10.1 Å². The molecule has 0 bridgehead atoms. The van der Waals surface area contributed by atoms with Crippen molar-refractivity contribution in [2.45, 2.75) is 0 Å². The number of rotatable bonds is 4. The first-order valence-electron chi connectivity index (χ1n) is 5.40. The van der Waals surface area contributed by atoms with Crippen molar-refractivity contribution in [3.05, 3.63) is 39.7 Å². The summed E-state index contributed by atoms with van der Waals surface area (Å²) in [5, 5.41) is 13.6. The van der Waals surface area contributed by atoms with E-state index in [1.807, 2.05) is 0 Å². The Balaban J connectivity index is 2.50. The molecule has 0 radical (unpaired) electrons. The van der Waals surface area contributed by atoms with E-state index in [1.54, 1.807) is 24.3 Å². The summed E-state index contributed by atoms with van der Waals surface area (Å²) in [6, 6.07) is 6.87. The zero-order chi connectivity index (χ0) is 14.7. The lowest BCUT2D eigenvalue weighted by Gasteiger charge is -2.10. The predicted molar refractivity (Wildman–Crippen MR) is 74.4 cm³/mol. The topological polar surface area (TPSA) is 116 Å². The number of anilines is 3. The van der Waals surface area contributed by atoms with Crippen LogP contribution in [-0.2, 0) is 0 Å². The van der Waals surface area contributed by atoms with E-state index in [4.69, 9.17) is 22.1 Å². The Morgan fingerprint density at radius 2 is 2.10 bits per heavy atom. The van der Waals surface area contributed by atoms with Crippen LogP contribution in [-0.4, -0.2) is 22.0 Å². The average molecular weight is 296 g/mol. The van der Waals surface area contributed by atoms with Gasteiger partial charge >= 0.3 is 5.69 Å². The third-order valence-electron chi connectivity index (χ3n) is 2.43. The molecule has 0 fully saturated rings. The number of methoxy groups -OCH3 is 1. The Morgan fingerprint density at radius 1 is 1.40 bits per heavy atom. The molecular weight excluding hydrogens is 286 g/mol. The summed E-state index contributed by atoms with van der Waals surface area (Å²) in [7, 11) is 1.48. The fraction of sp³-hybridized carbons (Fsp3) is 0.0909. The Kier molecular flexibility index (Phi) is 3.85. The van der Waals surface area contributed by atoms with Crippen LogP contribution in [0.3, 0.4) is 0 Å². The first-order chi connectivity index (χ1) is 9.52. The van der Waals surface area contributed by atoms with E-state index < -0.39 is 10.6 Å². The molecule has 0 atom stereocenters. The lowest BCUT2D eigenvalue weighted by atomic mass is 10.3. The number of aromatic nitrogens is 2. The van der Waals surface area contributed by atoms with Gasteiger partial charge in [-0.15, -0.1) is 0 Å². The molecule has 1 aromatic carbocycles. The third kappa shape index (κ3) is 2.69. The predicted octanol–water partition coefficient (Wildman–Crippen LogP) is 2.37. The monoisotopic (exact) mass is 295 g/mol. The number of nitro groups is 1. The third-order valence-corrected chi connectivity index (χ3v) is 2.60. The molecule has 0 saturated carbocycles. The second-order valence-electron chi connectivity index (χ2n) is 3.66. The highest BCUT2D eigenvalue weighted by molar-refractivity contribution is 6.28. The van der Waals surface area contributed by atoms with Gasteiger partial charge in [-0.05, 0) is 23.7 Å². The van der Waals surface area contributed by atoms with Crippen molar-refractivity contribution in [3.63, 3.8) is 0 Å². The number of hydrogen-bond acceptors (Lipinski definition) is 7. The van der Waals surface area contributed by atoms with Gasteiger partial charge < -0.3 is 15.8 Å². The molecule has 8 nitrogen and oxygen atoms in total. The minimum Gasteiger partial charge on any atom is -0.495 e. The summed E-state index contributed by atoms with van der Waals surface area (Å²) in [6.45, 7) is 0. The summed E-state index contributed by atoms with van der Waals surface area (Å²) in [5.74, 6) is 0.0829. The Hall–Kier alpha value is -2.61. The van der Waals surface area contributed by atoms with E-state index in [9.17, 15) is 10.1 Å². The number of hydrogen-bond donors (Lipinski definition) is 2. The quantitative estimate of drug-likeness (QED) is 0.505. The molecule has 0 spiro atoms. The molecule has 2 aromatic rings. The van der Waals surface area contributed by atoms with Gasteiger partial charge in [0.25, 0.3) is 0 Å². The minimum atomic E-state index is -0.677. The highest BCUT2D eigenvalue weighted by atomic mass is 35.5. The molecule has 0 aliphatic rings. The lowest BCUT2D eigenvalue weighted by molar-refractivity contribution is -0.383. The summed E-state index contributed by atoms with van der Waals surface area (Å²) in [5.41, 5.74) is 5.55. The number of nitrogens with one attached hydrogen (secondary N) is 1. The summed E-state index contributed by atoms with van der Waals surface area (Å²) in [4.78, 5) is 17.7. The van der Waals surface area contributed by atoms with Gasteiger partial charge in [0.2, 0.25) is 16.9 Å². The summed E-state index contributed by atoms with van der Waals surface area (Å²) < 4.78 is 5.14. The maximum absolute atomic E-state index is 11.0. The fourth-order valence-electron chi connectivity index (χ4n) is 1.59. The second-order valence-corrected chi connectivity index (χ2v) is 4.00. The van der Waals surface area contributed by atoms with Crippen molar-refractivity contribution in [2.24, 2.45) is 0 Å². The molecule has 0 saturated heterocycles. The van der Waals surface area contributed by atoms with Crippen LogP contribution < -0.4 is 15.8 Å². The van der Waals surface area contributed by atoms with Crippen molar-refractivity contribution in [3.8, 4) is 5.75 Å². The number of ether oxygens (including phenoxy) is 1. The van der Waals surface area contributed by atoms with Gasteiger partial charge in [-0.25, -0.2) is 0 Å². The van der Waals surface area contributed by atoms with Gasteiger partial charge in [0.1, 0.15) is 5.75 Å². The molecule has 2 rings (SSSR count). The van der Waals surface area contributed by atoms with E-state index in [0.29, 0.717) is 11.4 Å². The number of nitrogens with zero attached hydrogens (tertiary/aromatic N) is 3. The van der Waals surface area contributed by atoms with Crippen LogP contribution in [0, 0.1) is 10.1 Å². The van der Waals surface area contributed by atoms with Crippen LogP contribution in [0.4, 0.5) is 23.0 Å². The maximum atomic E-state index is 11.0. The highest BCUT2D eigenvalue weighted by Crippen LogP contribution is 2.34. The van der Waals surface area contributed by atoms with Crippen molar-refractivity contribution in [2.75, 3.05) is 18.2 Å². The molecule has 1 aromatic heterocycles. The van der Waals surface area contributed by atoms with Gasteiger partial charge in [-0.2, -0.15) is 9.97 Å². The molecule has 9 heteroatoms. The normalized spacial score (nSPS) is 10.1. The van der Waals surface area contributed by atoms with Gasteiger partial charge in [0.15, 0.2) is 0 Å². The lowest BCUT2D eigenvalue weighted by Crippen LogP contribution is -2.06.